The van der Waals surface area contributed by atoms with Gasteiger partial charge in [0.05, 0.1) is 29.9 Å². The molecule has 10 heteroatoms. The van der Waals surface area contributed by atoms with Crippen LogP contribution in [0.1, 0.15) is 31.0 Å². The molecule has 1 atom stereocenters. The van der Waals surface area contributed by atoms with Gasteiger partial charge in [-0.2, -0.15) is 10.2 Å². The monoisotopic (exact) mass is 482 g/mol. The van der Waals surface area contributed by atoms with E-state index in [1.807, 2.05) is 24.3 Å². The molecule has 36 heavy (non-hydrogen) atoms. The zero-order valence-corrected chi connectivity index (χ0v) is 20.2. The van der Waals surface area contributed by atoms with Crippen molar-refractivity contribution in [1.82, 2.24) is 23.7 Å². The van der Waals surface area contributed by atoms with E-state index in [-0.39, 0.29) is 24.6 Å². The summed E-state index contributed by atoms with van der Waals surface area (Å²) < 4.78 is 4.25. The Hall–Kier alpha value is -4.41. The number of anilines is 1. The molecule has 0 spiro atoms. The zero-order chi connectivity index (χ0) is 25.4. The highest BCUT2D eigenvalue weighted by Gasteiger charge is 2.26. The first-order valence-electron chi connectivity index (χ1n) is 11.8. The Balaban J connectivity index is 1.71. The molecule has 1 saturated heterocycles. The molecular weight excluding hydrogens is 456 g/mol. The summed E-state index contributed by atoms with van der Waals surface area (Å²) in [7, 11) is 1.59. The number of pyridine rings is 1. The van der Waals surface area contributed by atoms with Crippen LogP contribution in [0.2, 0.25) is 0 Å². The van der Waals surface area contributed by atoms with Crippen LogP contribution in [0.3, 0.4) is 0 Å². The SMILES string of the molecule is CC#CCn1c(N2CCCC(N)C2)nc2c1c(=O)n(Cc1nc3ccccc3cc1C#N)c(=O)n2C. The van der Waals surface area contributed by atoms with Gasteiger partial charge < -0.3 is 10.6 Å². The van der Waals surface area contributed by atoms with E-state index in [1.165, 1.54) is 4.57 Å². The van der Waals surface area contributed by atoms with Crippen molar-refractivity contribution in [3.8, 4) is 17.9 Å². The summed E-state index contributed by atoms with van der Waals surface area (Å²) in [6.07, 6.45) is 1.84. The van der Waals surface area contributed by atoms with Crippen molar-refractivity contribution in [2.45, 2.75) is 38.9 Å². The minimum atomic E-state index is -0.528. The normalized spacial score (nSPS) is 15.6. The third-order valence-corrected chi connectivity index (χ3v) is 6.60. The Morgan fingerprint density at radius 1 is 1.19 bits per heavy atom. The summed E-state index contributed by atoms with van der Waals surface area (Å²) in [4.78, 5) is 38.5. The number of aromatic nitrogens is 5. The van der Waals surface area contributed by atoms with Crippen LogP contribution in [0.15, 0.2) is 39.9 Å². The number of hydrogen-bond donors (Lipinski definition) is 1. The Kier molecular flexibility index (Phi) is 6.05. The number of hydrogen-bond acceptors (Lipinski definition) is 7. The lowest BCUT2D eigenvalue weighted by Gasteiger charge is -2.31. The Morgan fingerprint density at radius 3 is 2.75 bits per heavy atom. The molecule has 182 valence electrons. The Morgan fingerprint density at radius 2 is 2.00 bits per heavy atom. The zero-order valence-electron chi connectivity index (χ0n) is 20.2. The number of aryl methyl sites for hydroxylation is 1. The molecule has 0 aliphatic carbocycles. The Labute approximate surface area is 207 Å². The van der Waals surface area contributed by atoms with Crippen molar-refractivity contribution in [3.63, 3.8) is 0 Å². The summed E-state index contributed by atoms with van der Waals surface area (Å²) in [5.74, 6) is 6.48. The standard InChI is InChI=1S/C26H26N8O2/c1-3-4-12-33-22-23(30-25(33)32-11-7-9-19(28)15-32)31(2)26(36)34(24(22)35)16-21-18(14-27)13-17-8-5-6-10-20(17)29-21/h5-6,8,10,13,19H,7,9,11-12,15-16,28H2,1-2H3. The fourth-order valence-corrected chi connectivity index (χ4v) is 4.76. The lowest BCUT2D eigenvalue weighted by atomic mass is 10.1. The maximum Gasteiger partial charge on any atom is 0.332 e. The number of nitrogens with two attached hydrogens (primary N) is 1. The maximum atomic E-state index is 13.8. The van der Waals surface area contributed by atoms with Gasteiger partial charge in [-0.1, -0.05) is 24.1 Å². The minimum Gasteiger partial charge on any atom is -0.341 e. The smallest absolute Gasteiger partial charge is 0.332 e. The second kappa shape index (κ2) is 9.33. The quantitative estimate of drug-likeness (QED) is 0.435. The molecule has 4 heterocycles. The van der Waals surface area contributed by atoms with Crippen LogP contribution in [0.5, 0.6) is 0 Å². The average Bonchev–Trinajstić information content (AvgIpc) is 3.28. The van der Waals surface area contributed by atoms with E-state index in [4.69, 9.17) is 10.7 Å². The van der Waals surface area contributed by atoms with Crippen molar-refractivity contribution in [1.29, 1.82) is 5.26 Å². The number of rotatable bonds is 4. The molecule has 2 N–H and O–H groups in total. The number of nitriles is 1. The summed E-state index contributed by atoms with van der Waals surface area (Å²) in [5.41, 5.74) is 7.12. The molecule has 1 aliphatic rings. The van der Waals surface area contributed by atoms with E-state index in [0.29, 0.717) is 34.9 Å². The van der Waals surface area contributed by atoms with E-state index in [1.54, 1.807) is 24.6 Å². The van der Waals surface area contributed by atoms with Crippen molar-refractivity contribution in [3.05, 3.63) is 62.4 Å². The molecule has 0 bridgehead atoms. The molecule has 1 aliphatic heterocycles. The predicted molar refractivity (Wildman–Crippen MR) is 138 cm³/mol. The molecule has 1 unspecified atom stereocenters. The van der Waals surface area contributed by atoms with Crippen molar-refractivity contribution >= 4 is 28.0 Å². The number of fused-ring (bicyclic) bond motifs is 2. The fraction of sp³-hybridized carbons (Fsp3) is 0.346. The second-order valence-electron chi connectivity index (χ2n) is 8.97. The lowest BCUT2D eigenvalue weighted by Crippen LogP contribution is -2.44. The highest BCUT2D eigenvalue weighted by molar-refractivity contribution is 5.80. The van der Waals surface area contributed by atoms with Crippen LogP contribution in [0.25, 0.3) is 22.1 Å². The topological polar surface area (TPSA) is 128 Å². The fourth-order valence-electron chi connectivity index (χ4n) is 4.76. The summed E-state index contributed by atoms with van der Waals surface area (Å²) in [6.45, 7) is 3.21. The number of para-hydroxylation sites is 1. The van der Waals surface area contributed by atoms with E-state index in [0.717, 1.165) is 29.3 Å². The molecule has 0 amide bonds. The molecule has 5 rings (SSSR count). The molecule has 10 nitrogen and oxygen atoms in total. The molecule has 0 saturated carbocycles. The van der Waals surface area contributed by atoms with Crippen LogP contribution in [-0.2, 0) is 20.1 Å². The molecule has 0 radical (unpaired) electrons. The number of benzene rings is 1. The first kappa shape index (κ1) is 23.3. The van der Waals surface area contributed by atoms with Crippen LogP contribution < -0.4 is 21.9 Å². The molecular formula is C26H26N8O2. The van der Waals surface area contributed by atoms with Gasteiger partial charge >= 0.3 is 5.69 Å². The molecule has 1 aromatic carbocycles. The van der Waals surface area contributed by atoms with Gasteiger partial charge in [-0.25, -0.2) is 9.78 Å². The molecule has 1 fully saturated rings. The first-order chi connectivity index (χ1) is 17.4. The van der Waals surface area contributed by atoms with Gasteiger partial charge in [0.15, 0.2) is 11.2 Å². The minimum absolute atomic E-state index is 0.00753. The highest BCUT2D eigenvalue weighted by atomic mass is 16.2. The third kappa shape index (κ3) is 3.92. The van der Waals surface area contributed by atoms with E-state index < -0.39 is 11.2 Å². The largest absolute Gasteiger partial charge is 0.341 e. The van der Waals surface area contributed by atoms with E-state index >= 15 is 0 Å². The van der Waals surface area contributed by atoms with E-state index in [9.17, 15) is 14.9 Å². The van der Waals surface area contributed by atoms with E-state index in [2.05, 4.69) is 27.8 Å². The third-order valence-electron chi connectivity index (χ3n) is 6.60. The van der Waals surface area contributed by atoms with Gasteiger partial charge in [0, 0.05) is 31.6 Å². The van der Waals surface area contributed by atoms with Crippen molar-refractivity contribution < 1.29 is 0 Å². The number of piperidine rings is 1. The highest BCUT2D eigenvalue weighted by Crippen LogP contribution is 2.23. The van der Waals surface area contributed by atoms with Crippen molar-refractivity contribution in [2.75, 3.05) is 18.0 Å². The van der Waals surface area contributed by atoms with Crippen molar-refractivity contribution in [2.24, 2.45) is 12.8 Å². The van der Waals surface area contributed by atoms with Gasteiger partial charge in [0.2, 0.25) is 5.95 Å². The molecule has 3 aromatic heterocycles. The predicted octanol–water partition coefficient (Wildman–Crippen LogP) is 1.32. The van der Waals surface area contributed by atoms with Crippen LogP contribution >= 0.6 is 0 Å². The van der Waals surface area contributed by atoms with Gasteiger partial charge in [-0.3, -0.25) is 18.5 Å². The average molecular weight is 483 g/mol. The van der Waals surface area contributed by atoms with Crippen LogP contribution in [0.4, 0.5) is 5.95 Å². The summed E-state index contributed by atoms with van der Waals surface area (Å²) in [6, 6.07) is 11.3. The van der Waals surface area contributed by atoms with Gasteiger partial charge in [0.1, 0.15) is 6.07 Å². The number of nitrogens with zero attached hydrogens (tertiary/aromatic N) is 7. The molecule has 4 aromatic rings. The Bertz CT molecular complexity index is 1710. The van der Waals surface area contributed by atoms with Gasteiger partial charge in [0.25, 0.3) is 5.56 Å². The first-order valence-corrected chi connectivity index (χ1v) is 11.8. The van der Waals surface area contributed by atoms with Crippen LogP contribution in [-0.4, -0.2) is 42.8 Å². The summed E-state index contributed by atoms with van der Waals surface area (Å²) >= 11 is 0. The van der Waals surface area contributed by atoms with Gasteiger partial charge in [-0.05, 0) is 31.9 Å². The lowest BCUT2D eigenvalue weighted by molar-refractivity contribution is 0.496. The summed E-state index contributed by atoms with van der Waals surface area (Å²) in [5, 5.41) is 10.5. The number of imidazole rings is 1. The van der Waals surface area contributed by atoms with Crippen LogP contribution in [0, 0.1) is 23.2 Å². The second-order valence-corrected chi connectivity index (χ2v) is 8.97. The van der Waals surface area contributed by atoms with Gasteiger partial charge in [-0.15, -0.1) is 5.92 Å². The maximum absolute atomic E-state index is 13.8.